The van der Waals surface area contributed by atoms with Crippen LogP contribution in [0.1, 0.15) is 6.92 Å². The van der Waals surface area contributed by atoms with Crippen LogP contribution >= 0.6 is 12.2 Å². The minimum absolute atomic E-state index is 0.442. The fourth-order valence-electron chi connectivity index (χ4n) is 0.485. The average molecular weight is 145 g/mol. The molecule has 0 amide bonds. The number of nitrogens with two attached hydrogens (primary N) is 1. The standard InChI is InChI=1S/C3H7N5S/c1-2-7-3(9)8(4)6-5-7/h2,4H2,1H3. The lowest BCUT2D eigenvalue weighted by Crippen LogP contribution is -2.10. The van der Waals surface area contributed by atoms with Gasteiger partial charge in [0, 0.05) is 6.54 Å². The second-order valence-electron chi connectivity index (χ2n) is 1.52. The molecule has 6 heteroatoms. The summed E-state index contributed by atoms with van der Waals surface area (Å²) in [5.41, 5.74) is 0. The molecule has 0 bridgehead atoms. The van der Waals surface area contributed by atoms with Crippen LogP contribution in [0.25, 0.3) is 0 Å². The third kappa shape index (κ3) is 0.925. The van der Waals surface area contributed by atoms with E-state index in [1.807, 2.05) is 6.92 Å². The van der Waals surface area contributed by atoms with Crippen LogP contribution in [0.2, 0.25) is 0 Å². The molecule has 0 aliphatic heterocycles. The highest BCUT2D eigenvalue weighted by Crippen LogP contribution is 1.82. The maximum atomic E-state index is 5.23. The first-order chi connectivity index (χ1) is 4.25. The van der Waals surface area contributed by atoms with Crippen LogP contribution in [-0.4, -0.2) is 19.9 Å². The largest absolute Gasteiger partial charge is 0.319 e. The maximum Gasteiger partial charge on any atom is 0.236 e. The Morgan fingerprint density at radius 2 is 2.33 bits per heavy atom. The van der Waals surface area contributed by atoms with E-state index in [-0.39, 0.29) is 0 Å². The van der Waals surface area contributed by atoms with E-state index in [0.29, 0.717) is 11.3 Å². The molecular weight excluding hydrogens is 138 g/mol. The monoisotopic (exact) mass is 145 g/mol. The lowest BCUT2D eigenvalue weighted by Gasteiger charge is -1.87. The van der Waals surface area contributed by atoms with Crippen LogP contribution in [0, 0.1) is 4.77 Å². The Kier molecular flexibility index (Phi) is 1.48. The second kappa shape index (κ2) is 2.14. The molecule has 0 atom stereocenters. The molecule has 0 saturated carbocycles. The fourth-order valence-corrected chi connectivity index (χ4v) is 0.687. The molecule has 9 heavy (non-hydrogen) atoms. The van der Waals surface area contributed by atoms with Crippen LogP contribution in [-0.2, 0) is 6.54 Å². The van der Waals surface area contributed by atoms with Gasteiger partial charge in [-0.3, -0.25) is 0 Å². The van der Waals surface area contributed by atoms with Crippen molar-refractivity contribution in [2.75, 3.05) is 5.84 Å². The summed E-state index contributed by atoms with van der Waals surface area (Å²) in [5, 5.41) is 7.12. The SMILES string of the molecule is CCn1nnn(N)c1=S. The quantitative estimate of drug-likeness (QED) is 0.429. The molecule has 0 radical (unpaired) electrons. The summed E-state index contributed by atoms with van der Waals surface area (Å²) < 4.78 is 1.98. The molecule has 0 saturated heterocycles. The maximum absolute atomic E-state index is 5.23. The van der Waals surface area contributed by atoms with E-state index in [9.17, 15) is 0 Å². The van der Waals surface area contributed by atoms with Crippen LogP contribution in [0.3, 0.4) is 0 Å². The zero-order valence-corrected chi connectivity index (χ0v) is 5.80. The molecule has 1 rings (SSSR count). The molecule has 0 aromatic carbocycles. The molecule has 0 unspecified atom stereocenters. The van der Waals surface area contributed by atoms with E-state index in [2.05, 4.69) is 10.4 Å². The Bertz CT molecular complexity index is 247. The smallest absolute Gasteiger partial charge is 0.236 e. The van der Waals surface area contributed by atoms with E-state index in [0.717, 1.165) is 4.79 Å². The van der Waals surface area contributed by atoms with Crippen LogP contribution in [0.15, 0.2) is 0 Å². The highest BCUT2D eigenvalue weighted by molar-refractivity contribution is 7.71. The van der Waals surface area contributed by atoms with Gasteiger partial charge in [0.1, 0.15) is 0 Å². The number of nitrogen functional groups attached to an aromatic ring is 1. The molecule has 0 aliphatic rings. The van der Waals surface area contributed by atoms with Crippen molar-refractivity contribution in [1.82, 2.24) is 19.9 Å². The molecule has 0 aliphatic carbocycles. The van der Waals surface area contributed by atoms with Crippen molar-refractivity contribution in [3.63, 3.8) is 0 Å². The molecule has 50 valence electrons. The fraction of sp³-hybridized carbons (Fsp3) is 0.667. The summed E-state index contributed by atoms with van der Waals surface area (Å²) in [6.45, 7) is 2.63. The van der Waals surface area contributed by atoms with Gasteiger partial charge >= 0.3 is 0 Å². The van der Waals surface area contributed by atoms with Gasteiger partial charge in [0.25, 0.3) is 0 Å². The summed E-state index contributed by atoms with van der Waals surface area (Å²) in [5.74, 6) is 5.23. The molecule has 0 fully saturated rings. The molecule has 1 heterocycles. The third-order valence-electron chi connectivity index (χ3n) is 0.961. The van der Waals surface area contributed by atoms with Gasteiger partial charge in [0.15, 0.2) is 0 Å². The summed E-state index contributed by atoms with van der Waals surface area (Å²) in [4.78, 5) is 1.07. The topological polar surface area (TPSA) is 61.7 Å². The highest BCUT2D eigenvalue weighted by Gasteiger charge is 1.93. The van der Waals surface area contributed by atoms with Crippen molar-refractivity contribution in [3.8, 4) is 0 Å². The molecular formula is C3H7N5S. The molecule has 1 aromatic heterocycles. The molecule has 5 nitrogen and oxygen atoms in total. The van der Waals surface area contributed by atoms with E-state index in [4.69, 9.17) is 18.1 Å². The minimum atomic E-state index is 0.442. The Morgan fingerprint density at radius 3 is 2.56 bits per heavy atom. The minimum Gasteiger partial charge on any atom is -0.319 e. The molecule has 1 aromatic rings. The predicted octanol–water partition coefficient (Wildman–Crippen LogP) is -0.457. The average Bonchev–Trinajstić information content (AvgIpc) is 2.15. The summed E-state index contributed by atoms with van der Waals surface area (Å²) in [6.07, 6.45) is 0. The van der Waals surface area contributed by atoms with Gasteiger partial charge in [-0.1, -0.05) is 0 Å². The molecule has 0 spiro atoms. The first-order valence-corrected chi connectivity index (χ1v) is 2.94. The van der Waals surface area contributed by atoms with Gasteiger partial charge in [0.05, 0.1) is 0 Å². The zero-order chi connectivity index (χ0) is 6.85. The van der Waals surface area contributed by atoms with Gasteiger partial charge in [-0.25, -0.2) is 4.68 Å². The van der Waals surface area contributed by atoms with Crippen molar-refractivity contribution in [2.24, 2.45) is 0 Å². The van der Waals surface area contributed by atoms with Crippen molar-refractivity contribution in [2.45, 2.75) is 13.5 Å². The van der Waals surface area contributed by atoms with Gasteiger partial charge in [-0.05, 0) is 29.6 Å². The predicted molar refractivity (Wildman–Crippen MR) is 34.7 cm³/mol. The van der Waals surface area contributed by atoms with Crippen molar-refractivity contribution >= 4 is 12.2 Å². The first-order valence-electron chi connectivity index (χ1n) is 2.53. The summed E-state index contributed by atoms with van der Waals surface area (Å²) in [7, 11) is 0. The van der Waals surface area contributed by atoms with Gasteiger partial charge in [0.2, 0.25) is 4.77 Å². The van der Waals surface area contributed by atoms with Crippen molar-refractivity contribution in [3.05, 3.63) is 4.77 Å². The third-order valence-corrected chi connectivity index (χ3v) is 1.36. The van der Waals surface area contributed by atoms with Gasteiger partial charge < -0.3 is 5.84 Å². The van der Waals surface area contributed by atoms with E-state index >= 15 is 0 Å². The number of nitrogens with zero attached hydrogens (tertiary/aromatic N) is 4. The lowest BCUT2D eigenvalue weighted by molar-refractivity contribution is 0.619. The number of aryl methyl sites for hydroxylation is 1. The van der Waals surface area contributed by atoms with Crippen molar-refractivity contribution < 1.29 is 0 Å². The highest BCUT2D eigenvalue weighted by atomic mass is 32.1. The van der Waals surface area contributed by atoms with Crippen LogP contribution in [0.4, 0.5) is 0 Å². The number of aromatic nitrogens is 4. The van der Waals surface area contributed by atoms with Gasteiger partial charge in [-0.2, -0.15) is 0 Å². The number of tetrazole rings is 1. The number of hydrogen-bond donors (Lipinski definition) is 1. The van der Waals surface area contributed by atoms with E-state index in [1.54, 1.807) is 0 Å². The van der Waals surface area contributed by atoms with Crippen molar-refractivity contribution in [1.29, 1.82) is 0 Å². The summed E-state index contributed by atoms with van der Waals surface area (Å²) in [6, 6.07) is 0. The Labute approximate surface area is 57.0 Å². The van der Waals surface area contributed by atoms with Crippen LogP contribution in [0.5, 0.6) is 0 Å². The number of rotatable bonds is 1. The summed E-state index contributed by atoms with van der Waals surface area (Å²) >= 11 is 4.80. The normalized spacial score (nSPS) is 9.89. The number of hydrogen-bond acceptors (Lipinski definition) is 4. The Hall–Kier alpha value is -0.910. The Balaban J connectivity index is 3.20. The lowest BCUT2D eigenvalue weighted by atomic mass is 10.8. The Morgan fingerprint density at radius 1 is 1.67 bits per heavy atom. The van der Waals surface area contributed by atoms with Crippen LogP contribution < -0.4 is 5.84 Å². The molecule has 2 N–H and O–H groups in total. The van der Waals surface area contributed by atoms with E-state index < -0.39 is 0 Å². The van der Waals surface area contributed by atoms with Gasteiger partial charge in [-0.15, -0.1) is 4.79 Å². The second-order valence-corrected chi connectivity index (χ2v) is 1.89. The zero-order valence-electron chi connectivity index (χ0n) is 4.98. The van der Waals surface area contributed by atoms with E-state index in [1.165, 1.54) is 4.68 Å². The first kappa shape index (κ1) is 6.21.